The third-order valence-corrected chi connectivity index (χ3v) is 32.5. The SMILES string of the molecule is CC1=C[C](C)([Zr+2]([CH]2C=CC=C2)[SiH]2CCCC2)C(C)=C1C.[Cl-].[Cl-]. The number of allylic oxidation sites excluding steroid dienone is 8. The van der Waals surface area contributed by atoms with E-state index in [4.69, 9.17) is 0 Å². The van der Waals surface area contributed by atoms with Gasteiger partial charge in [0.25, 0.3) is 0 Å². The van der Waals surface area contributed by atoms with Gasteiger partial charge in [0.1, 0.15) is 0 Å². The average Bonchev–Trinajstić information content (AvgIpc) is 3.13. The van der Waals surface area contributed by atoms with E-state index in [1.165, 1.54) is 0 Å². The van der Waals surface area contributed by atoms with Gasteiger partial charge in [-0.1, -0.05) is 0 Å². The van der Waals surface area contributed by atoms with E-state index in [1.807, 2.05) is 0 Å². The Bertz CT molecular complexity index is 517. The van der Waals surface area contributed by atoms with Crippen LogP contribution >= 0.6 is 0 Å². The molecule has 1 unspecified atom stereocenters. The van der Waals surface area contributed by atoms with Gasteiger partial charge >= 0.3 is 133 Å². The van der Waals surface area contributed by atoms with E-state index in [2.05, 4.69) is 58.1 Å². The van der Waals surface area contributed by atoms with Crippen LogP contribution in [0.1, 0.15) is 40.5 Å². The summed E-state index contributed by atoms with van der Waals surface area (Å²) in [4.78, 5) is 0. The first kappa shape index (κ1) is 20.7. The monoisotopic (exact) mass is 431 g/mol. The Morgan fingerprint density at radius 1 is 1.05 bits per heavy atom. The van der Waals surface area contributed by atoms with Crippen LogP contribution in [0.3, 0.4) is 0 Å². The summed E-state index contributed by atoms with van der Waals surface area (Å²) in [5.74, 6) is -0.447. The first-order valence-corrected chi connectivity index (χ1v) is 17.3. The molecular weight excluding hydrogens is 406 g/mol. The molecule has 0 nitrogen and oxygen atoms in total. The van der Waals surface area contributed by atoms with E-state index in [-0.39, 0.29) is 24.8 Å². The zero-order valence-corrected chi connectivity index (χ0v) is 19.3. The third-order valence-electron chi connectivity index (χ3n) is 5.94. The molecule has 0 amide bonds. The minimum Gasteiger partial charge on any atom is -1.00 e. The van der Waals surface area contributed by atoms with E-state index in [0.717, 1.165) is 3.63 Å². The molecule has 0 aromatic rings. The molecule has 3 rings (SSSR count). The van der Waals surface area contributed by atoms with Gasteiger partial charge in [0.2, 0.25) is 0 Å². The van der Waals surface area contributed by atoms with E-state index in [9.17, 15) is 0 Å². The molecule has 1 atom stereocenters. The minimum absolute atomic E-state index is 0. The molecule has 4 heteroatoms. The Balaban J connectivity index is 0.00000121. The van der Waals surface area contributed by atoms with Crippen molar-refractivity contribution in [2.75, 3.05) is 0 Å². The largest absolute Gasteiger partial charge is 1.00 e. The van der Waals surface area contributed by atoms with E-state index >= 15 is 0 Å². The first-order valence-electron chi connectivity index (χ1n) is 8.14. The fourth-order valence-electron chi connectivity index (χ4n) is 4.55. The van der Waals surface area contributed by atoms with E-state index in [0.29, 0.717) is 3.12 Å². The second-order valence-electron chi connectivity index (χ2n) is 7.01. The molecule has 0 spiro atoms. The molecule has 0 aromatic carbocycles. The third kappa shape index (κ3) is 3.51. The molecule has 3 aliphatic rings. The number of halogens is 2. The van der Waals surface area contributed by atoms with Crippen LogP contribution in [0.15, 0.2) is 47.1 Å². The van der Waals surface area contributed by atoms with Gasteiger partial charge in [-0.15, -0.1) is 0 Å². The summed E-state index contributed by atoms with van der Waals surface area (Å²) in [6, 6.07) is 3.31. The maximum absolute atomic E-state index is 2.69. The summed E-state index contributed by atoms with van der Waals surface area (Å²) < 4.78 is 1.41. The van der Waals surface area contributed by atoms with Gasteiger partial charge in [-0.2, -0.15) is 0 Å². The van der Waals surface area contributed by atoms with Crippen molar-refractivity contribution in [1.29, 1.82) is 0 Å². The predicted molar refractivity (Wildman–Crippen MR) is 88.5 cm³/mol. The molecule has 1 heterocycles. The number of rotatable bonds is 3. The van der Waals surface area contributed by atoms with Crippen LogP contribution in [-0.4, -0.2) is 5.92 Å². The second kappa shape index (κ2) is 8.15. The second-order valence-corrected chi connectivity index (χ2v) is 25.7. The van der Waals surface area contributed by atoms with Crippen LogP contribution < -0.4 is 24.8 Å². The van der Waals surface area contributed by atoms with Crippen molar-refractivity contribution >= 4 is 5.92 Å². The van der Waals surface area contributed by atoms with Crippen LogP contribution in [0.4, 0.5) is 0 Å². The molecule has 0 radical (unpaired) electrons. The topological polar surface area (TPSA) is 0 Å². The molecule has 22 heavy (non-hydrogen) atoms. The Labute approximate surface area is 157 Å². The quantitative estimate of drug-likeness (QED) is 0.528. The molecule has 0 bridgehead atoms. The van der Waals surface area contributed by atoms with Crippen LogP contribution in [0.2, 0.25) is 18.8 Å². The fraction of sp³-hybridized carbons (Fsp3) is 0.556. The van der Waals surface area contributed by atoms with Crippen molar-refractivity contribution in [2.24, 2.45) is 0 Å². The smallest absolute Gasteiger partial charge is 1.00 e. The molecule has 2 aliphatic carbocycles. The molecule has 1 fully saturated rings. The van der Waals surface area contributed by atoms with Crippen molar-refractivity contribution < 1.29 is 45.7 Å². The normalized spacial score (nSPS) is 27.9. The van der Waals surface area contributed by atoms with Gasteiger partial charge in [-0.05, 0) is 0 Å². The first-order chi connectivity index (χ1) is 9.54. The predicted octanol–water partition coefficient (Wildman–Crippen LogP) is -0.480. The van der Waals surface area contributed by atoms with Crippen LogP contribution in [-0.2, 0) is 20.9 Å². The number of hydrogen-bond donors (Lipinski definition) is 0. The van der Waals surface area contributed by atoms with Crippen molar-refractivity contribution in [2.45, 2.75) is 59.4 Å². The van der Waals surface area contributed by atoms with E-state index < -0.39 is 26.8 Å². The van der Waals surface area contributed by atoms with Crippen LogP contribution in [0.5, 0.6) is 0 Å². The number of hydrogen-bond acceptors (Lipinski definition) is 0. The van der Waals surface area contributed by atoms with Crippen molar-refractivity contribution in [3.05, 3.63) is 47.1 Å². The van der Waals surface area contributed by atoms with Crippen LogP contribution in [0, 0.1) is 0 Å². The maximum Gasteiger partial charge on any atom is -1.00 e. The van der Waals surface area contributed by atoms with Crippen molar-refractivity contribution in [3.8, 4) is 0 Å². The summed E-state index contributed by atoms with van der Waals surface area (Å²) >= 11 is -1.51. The maximum atomic E-state index is 2.69. The summed E-state index contributed by atoms with van der Waals surface area (Å²) in [7, 11) is 0. The Morgan fingerprint density at radius 3 is 2.05 bits per heavy atom. The molecule has 1 aliphatic heterocycles. The molecule has 0 N–H and O–H groups in total. The summed E-state index contributed by atoms with van der Waals surface area (Å²) in [5, 5.41) is 0. The Hall–Kier alpha value is 0.640. The Kier molecular flexibility index (Phi) is 7.66. The zero-order valence-electron chi connectivity index (χ0n) is 14.1. The van der Waals surface area contributed by atoms with Gasteiger partial charge < -0.3 is 24.8 Å². The van der Waals surface area contributed by atoms with Gasteiger partial charge in [-0.25, -0.2) is 0 Å². The zero-order chi connectivity index (χ0) is 14.3. The minimum atomic E-state index is -1.51. The molecule has 1 saturated heterocycles. The van der Waals surface area contributed by atoms with E-state index in [1.54, 1.807) is 41.6 Å². The molecule has 0 saturated carbocycles. The van der Waals surface area contributed by atoms with Gasteiger partial charge in [0, 0.05) is 0 Å². The van der Waals surface area contributed by atoms with Crippen molar-refractivity contribution in [3.63, 3.8) is 0 Å². The summed E-state index contributed by atoms with van der Waals surface area (Å²) in [5.41, 5.74) is 4.90. The average molecular weight is 434 g/mol. The van der Waals surface area contributed by atoms with Crippen molar-refractivity contribution in [1.82, 2.24) is 0 Å². The van der Waals surface area contributed by atoms with Gasteiger partial charge in [-0.3, -0.25) is 0 Å². The standard InChI is InChI=1S/C9H13.C5H5.C4H9Si.2ClH.Zr/c1-6-5-7(2)9(4)8(6)3;2*1-2-4-5-3-1;;;/h5H,1-4H3;1-5H;5H,1-4H2;2*1H;/q;;;;;+2/p-2. The van der Waals surface area contributed by atoms with Gasteiger partial charge in [0.05, 0.1) is 0 Å². The fourth-order valence-corrected chi connectivity index (χ4v) is 35.1. The molecular formula is C18H27Cl2SiZr. The Morgan fingerprint density at radius 2 is 1.59 bits per heavy atom. The molecule has 0 aromatic heterocycles. The summed E-state index contributed by atoms with van der Waals surface area (Å²) in [6.45, 7) is 9.74. The summed E-state index contributed by atoms with van der Waals surface area (Å²) in [6.07, 6.45) is 15.5. The molecule has 121 valence electrons. The van der Waals surface area contributed by atoms with Crippen LogP contribution in [0.25, 0.3) is 0 Å². The van der Waals surface area contributed by atoms with Gasteiger partial charge in [0.15, 0.2) is 0 Å².